The topological polar surface area (TPSA) is 62.5 Å². The van der Waals surface area contributed by atoms with Gasteiger partial charge in [0.25, 0.3) is 0 Å². The van der Waals surface area contributed by atoms with E-state index < -0.39 is 5.97 Å². The highest BCUT2D eigenvalue weighted by molar-refractivity contribution is 6.03. The van der Waals surface area contributed by atoms with Crippen LogP contribution in [0.15, 0.2) is 24.4 Å². The number of fused-ring (bicyclic) bond motifs is 1. The highest BCUT2D eigenvalue weighted by Gasteiger charge is 2.15. The predicted octanol–water partition coefficient (Wildman–Crippen LogP) is 3.06. The Morgan fingerprint density at radius 2 is 2.10 bits per heavy atom. The molecule has 2 aromatic rings. The number of aromatic nitrogens is 1. The summed E-state index contributed by atoms with van der Waals surface area (Å²) in [7, 11) is 0. The van der Waals surface area contributed by atoms with Crippen LogP contribution in [0.4, 0.5) is 0 Å². The fourth-order valence-corrected chi connectivity index (χ4v) is 2.59. The number of carboxylic acid groups (broad SMARTS) is 1. The van der Waals surface area contributed by atoms with Crippen LogP contribution in [0, 0.1) is 0 Å². The number of aryl methyl sites for hydroxylation is 2. The molecule has 0 saturated carbocycles. The van der Waals surface area contributed by atoms with Gasteiger partial charge in [0.05, 0.1) is 11.1 Å². The number of hydrogen-bond donors (Lipinski definition) is 2. The number of aromatic carboxylic acids is 1. The second kappa shape index (κ2) is 6.57. The van der Waals surface area contributed by atoms with Gasteiger partial charge in [-0.15, -0.1) is 0 Å². The van der Waals surface area contributed by atoms with Crippen LogP contribution >= 0.6 is 0 Å². The number of aliphatic hydroxyl groups excluding tert-OH is 1. The first-order valence-electron chi connectivity index (χ1n) is 7.14. The number of aliphatic hydroxyl groups is 1. The summed E-state index contributed by atoms with van der Waals surface area (Å²) >= 11 is 0. The zero-order valence-corrected chi connectivity index (χ0v) is 11.8. The van der Waals surface area contributed by atoms with Gasteiger partial charge >= 0.3 is 5.97 Å². The number of unbranched alkanes of at least 4 members (excludes halogenated alkanes) is 1. The van der Waals surface area contributed by atoms with Gasteiger partial charge in [-0.05, 0) is 30.9 Å². The molecule has 1 aromatic heterocycles. The summed E-state index contributed by atoms with van der Waals surface area (Å²) in [5.74, 6) is -0.902. The lowest BCUT2D eigenvalue weighted by Gasteiger charge is -2.06. The summed E-state index contributed by atoms with van der Waals surface area (Å²) in [4.78, 5) is 11.4. The van der Waals surface area contributed by atoms with E-state index >= 15 is 0 Å². The SMILES string of the molecule is CCCCc1cn(CCCO)c2c(C(=O)O)cccc12. The Balaban J connectivity index is 2.54. The molecule has 1 aromatic carbocycles. The number of para-hydroxylation sites is 1. The van der Waals surface area contributed by atoms with E-state index in [2.05, 4.69) is 6.92 Å². The third-order valence-corrected chi connectivity index (χ3v) is 3.57. The van der Waals surface area contributed by atoms with Crippen molar-refractivity contribution in [3.8, 4) is 0 Å². The van der Waals surface area contributed by atoms with Crippen molar-refractivity contribution < 1.29 is 15.0 Å². The van der Waals surface area contributed by atoms with Gasteiger partial charge in [0.1, 0.15) is 0 Å². The van der Waals surface area contributed by atoms with Crippen LogP contribution in [-0.2, 0) is 13.0 Å². The zero-order chi connectivity index (χ0) is 14.5. The third-order valence-electron chi connectivity index (χ3n) is 3.57. The summed E-state index contributed by atoms with van der Waals surface area (Å²) in [5.41, 5.74) is 2.31. The number of rotatable bonds is 7. The maximum Gasteiger partial charge on any atom is 0.337 e. The van der Waals surface area contributed by atoms with Gasteiger partial charge in [-0.2, -0.15) is 0 Å². The van der Waals surface area contributed by atoms with Crippen LogP contribution < -0.4 is 0 Å². The van der Waals surface area contributed by atoms with Gasteiger partial charge in [-0.3, -0.25) is 0 Å². The molecule has 0 unspecified atom stereocenters. The lowest BCUT2D eigenvalue weighted by atomic mass is 10.1. The van der Waals surface area contributed by atoms with Crippen LogP contribution in [0.2, 0.25) is 0 Å². The highest BCUT2D eigenvalue weighted by Crippen LogP contribution is 2.26. The van der Waals surface area contributed by atoms with Crippen LogP contribution in [0.5, 0.6) is 0 Å². The quantitative estimate of drug-likeness (QED) is 0.816. The second-order valence-electron chi connectivity index (χ2n) is 5.04. The molecule has 4 nitrogen and oxygen atoms in total. The standard InChI is InChI=1S/C16H21NO3/c1-2-3-6-12-11-17(9-5-10-18)15-13(12)7-4-8-14(15)16(19)20/h4,7-8,11,18H,2-3,5-6,9-10H2,1H3,(H,19,20). The molecule has 0 aliphatic rings. The smallest absolute Gasteiger partial charge is 0.337 e. The van der Waals surface area contributed by atoms with Crippen molar-refractivity contribution >= 4 is 16.9 Å². The van der Waals surface area contributed by atoms with Crippen molar-refractivity contribution in [1.82, 2.24) is 4.57 Å². The molecular formula is C16H21NO3. The average Bonchev–Trinajstić information content (AvgIpc) is 2.80. The summed E-state index contributed by atoms with van der Waals surface area (Å²) in [6.07, 6.45) is 5.84. The summed E-state index contributed by atoms with van der Waals surface area (Å²) < 4.78 is 1.97. The minimum Gasteiger partial charge on any atom is -0.478 e. The zero-order valence-electron chi connectivity index (χ0n) is 11.8. The minimum atomic E-state index is -0.902. The Morgan fingerprint density at radius 1 is 1.30 bits per heavy atom. The Hall–Kier alpha value is -1.81. The maximum atomic E-state index is 11.4. The Morgan fingerprint density at radius 3 is 2.75 bits per heavy atom. The van der Waals surface area contributed by atoms with Crippen LogP contribution in [0.25, 0.3) is 10.9 Å². The molecule has 2 N–H and O–H groups in total. The minimum absolute atomic E-state index is 0.110. The predicted molar refractivity (Wildman–Crippen MR) is 79.2 cm³/mol. The lowest BCUT2D eigenvalue weighted by molar-refractivity contribution is 0.0698. The normalized spacial score (nSPS) is 11.1. The van der Waals surface area contributed by atoms with Crippen molar-refractivity contribution in [2.24, 2.45) is 0 Å². The van der Waals surface area contributed by atoms with E-state index in [1.165, 1.54) is 5.56 Å². The molecule has 4 heteroatoms. The molecule has 0 amide bonds. The summed E-state index contributed by atoms with van der Waals surface area (Å²) in [5, 5.41) is 19.4. The van der Waals surface area contributed by atoms with Crippen LogP contribution in [0.1, 0.15) is 42.1 Å². The molecular weight excluding hydrogens is 254 g/mol. The summed E-state index contributed by atoms with van der Waals surface area (Å²) in [6.45, 7) is 2.90. The molecule has 0 aliphatic carbocycles. The van der Waals surface area contributed by atoms with Gasteiger partial charge < -0.3 is 14.8 Å². The fraction of sp³-hybridized carbons (Fsp3) is 0.438. The van der Waals surface area contributed by atoms with Crippen molar-refractivity contribution in [1.29, 1.82) is 0 Å². The highest BCUT2D eigenvalue weighted by atomic mass is 16.4. The van der Waals surface area contributed by atoms with Crippen molar-refractivity contribution in [2.45, 2.75) is 39.2 Å². The van der Waals surface area contributed by atoms with Gasteiger partial charge in [0.15, 0.2) is 0 Å². The van der Waals surface area contributed by atoms with Gasteiger partial charge in [-0.25, -0.2) is 4.79 Å². The molecule has 108 valence electrons. The van der Waals surface area contributed by atoms with E-state index in [4.69, 9.17) is 5.11 Å². The van der Waals surface area contributed by atoms with E-state index in [1.54, 1.807) is 12.1 Å². The number of carbonyl (C=O) groups is 1. The molecule has 0 saturated heterocycles. The van der Waals surface area contributed by atoms with Gasteiger partial charge in [0.2, 0.25) is 0 Å². The first kappa shape index (κ1) is 14.6. The van der Waals surface area contributed by atoms with Crippen molar-refractivity contribution in [3.63, 3.8) is 0 Å². The Bertz CT molecular complexity index is 601. The molecule has 0 aliphatic heterocycles. The van der Waals surface area contributed by atoms with E-state index in [0.29, 0.717) is 18.5 Å². The molecule has 0 radical (unpaired) electrons. The molecule has 20 heavy (non-hydrogen) atoms. The van der Waals surface area contributed by atoms with Crippen LogP contribution in [-0.4, -0.2) is 27.4 Å². The number of hydrogen-bond acceptors (Lipinski definition) is 2. The third kappa shape index (κ3) is 2.85. The molecule has 0 atom stereocenters. The molecule has 0 spiro atoms. The fourth-order valence-electron chi connectivity index (χ4n) is 2.59. The molecule has 0 bridgehead atoms. The van der Waals surface area contributed by atoms with E-state index in [-0.39, 0.29) is 6.61 Å². The average molecular weight is 275 g/mol. The maximum absolute atomic E-state index is 11.4. The van der Waals surface area contributed by atoms with Gasteiger partial charge in [0, 0.05) is 24.7 Å². The summed E-state index contributed by atoms with van der Waals surface area (Å²) in [6, 6.07) is 5.43. The van der Waals surface area contributed by atoms with Crippen molar-refractivity contribution in [2.75, 3.05) is 6.61 Å². The van der Waals surface area contributed by atoms with Gasteiger partial charge in [-0.1, -0.05) is 25.5 Å². The molecule has 1 heterocycles. The lowest BCUT2D eigenvalue weighted by Crippen LogP contribution is -2.04. The number of benzene rings is 1. The van der Waals surface area contributed by atoms with E-state index in [9.17, 15) is 9.90 Å². The monoisotopic (exact) mass is 275 g/mol. The Kier molecular flexibility index (Phi) is 4.79. The second-order valence-corrected chi connectivity index (χ2v) is 5.04. The first-order chi connectivity index (χ1) is 9.69. The number of nitrogens with zero attached hydrogens (tertiary/aromatic N) is 1. The molecule has 0 fully saturated rings. The van der Waals surface area contributed by atoms with E-state index in [1.807, 2.05) is 16.8 Å². The number of carboxylic acids is 1. The molecule has 2 rings (SSSR count). The van der Waals surface area contributed by atoms with E-state index in [0.717, 1.165) is 30.2 Å². The largest absolute Gasteiger partial charge is 0.478 e. The Labute approximate surface area is 118 Å². The first-order valence-corrected chi connectivity index (χ1v) is 7.14. The van der Waals surface area contributed by atoms with Crippen LogP contribution in [0.3, 0.4) is 0 Å². The van der Waals surface area contributed by atoms with Crippen molar-refractivity contribution in [3.05, 3.63) is 35.5 Å².